The van der Waals surface area contributed by atoms with Crippen LogP contribution in [0.3, 0.4) is 0 Å². The SMILES string of the molecule is C[Si](C)(C)C#CCCCC(C#N)C(=O)c1ccc(Cl)cc1. The van der Waals surface area contributed by atoms with Gasteiger partial charge in [-0.05, 0) is 37.1 Å². The number of carbonyl (C=O) groups excluding carboxylic acids is 1. The first-order valence-electron chi connectivity index (χ1n) is 7.03. The Kier molecular flexibility index (Phi) is 6.69. The Hall–Kier alpha value is -1.55. The lowest BCUT2D eigenvalue weighted by atomic mass is 9.94. The van der Waals surface area contributed by atoms with Crippen molar-refractivity contribution in [3.63, 3.8) is 0 Å². The molecule has 1 aromatic rings. The fourth-order valence-corrected chi connectivity index (χ4v) is 2.57. The summed E-state index contributed by atoms with van der Waals surface area (Å²) >= 11 is 5.80. The second-order valence-electron chi connectivity index (χ2n) is 6.00. The zero-order chi connectivity index (χ0) is 15.9. The van der Waals surface area contributed by atoms with Crippen molar-refractivity contribution in [3.05, 3.63) is 34.9 Å². The molecule has 0 aromatic heterocycles. The van der Waals surface area contributed by atoms with Gasteiger partial charge in [0.05, 0.1) is 6.07 Å². The lowest BCUT2D eigenvalue weighted by Crippen LogP contribution is -2.16. The fraction of sp³-hybridized carbons (Fsp3) is 0.412. The van der Waals surface area contributed by atoms with E-state index in [9.17, 15) is 10.1 Å². The molecule has 0 N–H and O–H groups in total. The Morgan fingerprint density at radius 3 is 2.43 bits per heavy atom. The van der Waals surface area contributed by atoms with E-state index in [4.69, 9.17) is 11.6 Å². The number of Topliss-reactive ketones (excluding diaryl/α,β-unsaturated/α-hetero) is 1. The van der Waals surface area contributed by atoms with E-state index in [-0.39, 0.29) is 5.78 Å². The van der Waals surface area contributed by atoms with Gasteiger partial charge in [-0.2, -0.15) is 5.26 Å². The molecule has 110 valence electrons. The molecule has 0 amide bonds. The lowest BCUT2D eigenvalue weighted by molar-refractivity contribution is 0.0943. The van der Waals surface area contributed by atoms with Crippen LogP contribution in [0.1, 0.15) is 29.6 Å². The Labute approximate surface area is 133 Å². The molecule has 0 bridgehead atoms. The largest absolute Gasteiger partial charge is 0.293 e. The number of unbranched alkanes of at least 4 members (excludes halogenated alkanes) is 1. The Balaban J connectivity index is 2.55. The number of benzene rings is 1. The normalized spacial score (nSPS) is 12.0. The maximum absolute atomic E-state index is 12.2. The quantitative estimate of drug-likeness (QED) is 0.341. The number of rotatable bonds is 5. The summed E-state index contributed by atoms with van der Waals surface area (Å²) in [5.74, 6) is 2.44. The van der Waals surface area contributed by atoms with Crippen LogP contribution in [-0.2, 0) is 0 Å². The number of nitrogens with zero attached hydrogens (tertiary/aromatic N) is 1. The Bertz CT molecular complexity index is 584. The van der Waals surface area contributed by atoms with Crippen molar-refractivity contribution >= 4 is 25.5 Å². The topological polar surface area (TPSA) is 40.9 Å². The molecule has 0 fully saturated rings. The van der Waals surface area contributed by atoms with E-state index in [0.29, 0.717) is 17.0 Å². The molecule has 1 unspecified atom stereocenters. The minimum Gasteiger partial charge on any atom is -0.293 e. The lowest BCUT2D eigenvalue weighted by Gasteiger charge is -2.07. The van der Waals surface area contributed by atoms with Gasteiger partial charge in [-0.15, -0.1) is 11.5 Å². The van der Waals surface area contributed by atoms with Crippen molar-refractivity contribution in [2.75, 3.05) is 0 Å². The number of hydrogen-bond acceptors (Lipinski definition) is 2. The van der Waals surface area contributed by atoms with Gasteiger partial charge in [-0.1, -0.05) is 31.2 Å². The van der Waals surface area contributed by atoms with Crippen LogP contribution in [0.5, 0.6) is 0 Å². The maximum Gasteiger partial charge on any atom is 0.179 e. The minimum absolute atomic E-state index is 0.132. The zero-order valence-corrected chi connectivity index (χ0v) is 14.5. The van der Waals surface area contributed by atoms with Gasteiger partial charge in [0.2, 0.25) is 0 Å². The highest BCUT2D eigenvalue weighted by Gasteiger charge is 2.19. The molecule has 0 saturated carbocycles. The highest BCUT2D eigenvalue weighted by atomic mass is 35.5. The monoisotopic (exact) mass is 317 g/mol. The van der Waals surface area contributed by atoms with Crippen molar-refractivity contribution in [2.24, 2.45) is 5.92 Å². The molecule has 1 aromatic carbocycles. The number of ketones is 1. The second-order valence-corrected chi connectivity index (χ2v) is 11.2. The highest BCUT2D eigenvalue weighted by molar-refractivity contribution is 6.83. The fourth-order valence-electron chi connectivity index (χ4n) is 1.79. The van der Waals surface area contributed by atoms with Gasteiger partial charge in [0, 0.05) is 17.0 Å². The van der Waals surface area contributed by atoms with Crippen LogP contribution in [-0.4, -0.2) is 13.9 Å². The molecule has 2 nitrogen and oxygen atoms in total. The van der Waals surface area contributed by atoms with Gasteiger partial charge in [-0.25, -0.2) is 0 Å². The van der Waals surface area contributed by atoms with Crippen molar-refractivity contribution < 1.29 is 4.79 Å². The summed E-state index contributed by atoms with van der Waals surface area (Å²) in [5, 5.41) is 9.76. The van der Waals surface area contributed by atoms with Crippen LogP contribution in [0, 0.1) is 28.7 Å². The number of halogens is 1. The first-order valence-corrected chi connectivity index (χ1v) is 10.9. The van der Waals surface area contributed by atoms with Gasteiger partial charge in [0.15, 0.2) is 5.78 Å². The van der Waals surface area contributed by atoms with Crippen LogP contribution >= 0.6 is 11.6 Å². The number of carbonyl (C=O) groups is 1. The Morgan fingerprint density at radius 1 is 1.29 bits per heavy atom. The van der Waals surface area contributed by atoms with Gasteiger partial charge in [0.25, 0.3) is 0 Å². The van der Waals surface area contributed by atoms with E-state index >= 15 is 0 Å². The first-order chi connectivity index (χ1) is 9.83. The molecule has 4 heteroatoms. The van der Waals surface area contributed by atoms with Gasteiger partial charge < -0.3 is 0 Å². The summed E-state index contributed by atoms with van der Waals surface area (Å²) in [6, 6.07) is 8.77. The number of nitriles is 1. The molecule has 0 saturated heterocycles. The molecule has 0 aliphatic carbocycles. The standard InChI is InChI=1S/C17H20ClNOSi/c1-21(2,3)12-6-4-5-7-15(13-19)17(20)14-8-10-16(18)11-9-14/h8-11,15H,4-5,7H2,1-3H3. The van der Waals surface area contributed by atoms with Crippen LogP contribution < -0.4 is 0 Å². The van der Waals surface area contributed by atoms with Crippen molar-refractivity contribution in [1.82, 2.24) is 0 Å². The summed E-state index contributed by atoms with van der Waals surface area (Å²) in [7, 11) is -1.33. The molecule has 0 radical (unpaired) electrons. The highest BCUT2D eigenvalue weighted by Crippen LogP contribution is 2.17. The molecule has 0 aliphatic rings. The van der Waals surface area contributed by atoms with Gasteiger partial charge in [0.1, 0.15) is 14.0 Å². The third kappa shape index (κ3) is 6.62. The third-order valence-electron chi connectivity index (χ3n) is 2.86. The average molecular weight is 318 g/mol. The molecule has 0 heterocycles. The van der Waals surface area contributed by atoms with Crippen molar-refractivity contribution in [3.8, 4) is 17.5 Å². The minimum atomic E-state index is -1.33. The smallest absolute Gasteiger partial charge is 0.179 e. The average Bonchev–Trinajstić information content (AvgIpc) is 2.42. The van der Waals surface area contributed by atoms with E-state index in [0.717, 1.165) is 12.8 Å². The molecular weight excluding hydrogens is 298 g/mol. The van der Waals surface area contributed by atoms with Crippen LogP contribution in [0.25, 0.3) is 0 Å². The zero-order valence-electron chi connectivity index (χ0n) is 12.7. The van der Waals surface area contributed by atoms with E-state index in [2.05, 4.69) is 37.2 Å². The Morgan fingerprint density at radius 2 is 1.90 bits per heavy atom. The molecule has 0 aliphatic heterocycles. The summed E-state index contributed by atoms with van der Waals surface area (Å²) in [6.45, 7) is 6.59. The molecule has 21 heavy (non-hydrogen) atoms. The van der Waals surface area contributed by atoms with Crippen LogP contribution in [0.2, 0.25) is 24.7 Å². The number of hydrogen-bond donors (Lipinski definition) is 0. The van der Waals surface area contributed by atoms with E-state index in [1.54, 1.807) is 24.3 Å². The van der Waals surface area contributed by atoms with E-state index in [1.807, 2.05) is 0 Å². The summed E-state index contributed by atoms with van der Waals surface area (Å²) < 4.78 is 0. The molecular formula is C17H20ClNOSi. The predicted molar refractivity (Wildman–Crippen MR) is 89.9 cm³/mol. The van der Waals surface area contributed by atoms with Gasteiger partial charge in [-0.3, -0.25) is 4.79 Å². The van der Waals surface area contributed by atoms with Gasteiger partial charge >= 0.3 is 0 Å². The van der Waals surface area contributed by atoms with E-state index in [1.165, 1.54) is 0 Å². The van der Waals surface area contributed by atoms with Crippen molar-refractivity contribution in [1.29, 1.82) is 5.26 Å². The molecule has 1 rings (SSSR count). The molecule has 1 atom stereocenters. The summed E-state index contributed by atoms with van der Waals surface area (Å²) in [6.07, 6.45) is 2.07. The summed E-state index contributed by atoms with van der Waals surface area (Å²) in [4.78, 5) is 12.2. The summed E-state index contributed by atoms with van der Waals surface area (Å²) in [5.41, 5.74) is 3.83. The maximum atomic E-state index is 12.2. The van der Waals surface area contributed by atoms with Crippen LogP contribution in [0.4, 0.5) is 0 Å². The molecule has 0 spiro atoms. The third-order valence-corrected chi connectivity index (χ3v) is 4.04. The second kappa shape index (κ2) is 8.03. The van der Waals surface area contributed by atoms with E-state index < -0.39 is 14.0 Å². The van der Waals surface area contributed by atoms with Crippen molar-refractivity contribution in [2.45, 2.75) is 38.9 Å². The first kappa shape index (κ1) is 17.5. The van der Waals surface area contributed by atoms with Crippen LogP contribution in [0.15, 0.2) is 24.3 Å². The predicted octanol–water partition coefficient (Wildman–Crippen LogP) is 4.71.